The second-order valence-electron chi connectivity index (χ2n) is 4.87. The van der Waals surface area contributed by atoms with E-state index in [4.69, 9.17) is 11.6 Å². The average molecular weight is 261 g/mol. The molecule has 0 radical (unpaired) electrons. The Morgan fingerprint density at radius 2 is 1.83 bits per heavy atom. The molecule has 0 atom stereocenters. The molecule has 0 N–H and O–H groups in total. The van der Waals surface area contributed by atoms with Crippen LogP contribution in [0, 0.1) is 13.8 Å². The van der Waals surface area contributed by atoms with E-state index < -0.39 is 0 Å². The molecule has 3 heteroatoms. The largest absolute Gasteiger partial charge is 0.232 e. The molecule has 0 spiro atoms. The Balaban J connectivity index is 2.63. The molecule has 0 saturated heterocycles. The van der Waals surface area contributed by atoms with Gasteiger partial charge in [-0.15, -0.1) is 0 Å². The molecular weight excluding hydrogens is 244 g/mol. The summed E-state index contributed by atoms with van der Waals surface area (Å²) in [5.41, 5.74) is 4.18. The van der Waals surface area contributed by atoms with Crippen LogP contribution in [0.5, 0.6) is 0 Å². The maximum absolute atomic E-state index is 6.20. The summed E-state index contributed by atoms with van der Waals surface area (Å²) in [6, 6.07) is 8.29. The standard InChI is InChI=1S/C15H17ClN2/c1-9(2)15-17-13(11(4)14(16)18-15)12-7-5-6-10(3)8-12/h5-9H,1-4H3. The van der Waals surface area contributed by atoms with Crippen molar-refractivity contribution in [2.75, 3.05) is 0 Å². The molecule has 1 aromatic heterocycles. The van der Waals surface area contributed by atoms with Gasteiger partial charge in [-0.1, -0.05) is 49.2 Å². The average Bonchev–Trinajstić information content (AvgIpc) is 2.32. The Morgan fingerprint density at radius 1 is 1.11 bits per heavy atom. The van der Waals surface area contributed by atoms with E-state index in [0.717, 1.165) is 22.6 Å². The second kappa shape index (κ2) is 5.07. The fourth-order valence-electron chi connectivity index (χ4n) is 1.84. The summed E-state index contributed by atoms with van der Waals surface area (Å²) in [7, 11) is 0. The van der Waals surface area contributed by atoms with E-state index in [-0.39, 0.29) is 5.92 Å². The van der Waals surface area contributed by atoms with E-state index in [9.17, 15) is 0 Å². The van der Waals surface area contributed by atoms with Crippen molar-refractivity contribution in [1.82, 2.24) is 9.97 Å². The normalized spacial score (nSPS) is 11.0. The smallest absolute Gasteiger partial charge is 0.136 e. The summed E-state index contributed by atoms with van der Waals surface area (Å²) >= 11 is 6.20. The molecule has 0 fully saturated rings. The molecule has 0 bridgehead atoms. The predicted octanol–water partition coefficient (Wildman–Crippen LogP) is 4.54. The van der Waals surface area contributed by atoms with Gasteiger partial charge in [0.1, 0.15) is 11.0 Å². The van der Waals surface area contributed by atoms with Crippen LogP contribution in [0.15, 0.2) is 24.3 Å². The monoisotopic (exact) mass is 260 g/mol. The maximum atomic E-state index is 6.20. The van der Waals surface area contributed by atoms with Gasteiger partial charge in [-0.2, -0.15) is 0 Å². The van der Waals surface area contributed by atoms with Crippen LogP contribution in [0.25, 0.3) is 11.3 Å². The highest BCUT2D eigenvalue weighted by atomic mass is 35.5. The fraction of sp³-hybridized carbons (Fsp3) is 0.333. The van der Waals surface area contributed by atoms with Gasteiger partial charge in [0.2, 0.25) is 0 Å². The SMILES string of the molecule is Cc1cccc(-c2nc(C(C)C)nc(Cl)c2C)c1. The van der Waals surface area contributed by atoms with Gasteiger partial charge in [0.05, 0.1) is 5.69 Å². The fourth-order valence-corrected chi connectivity index (χ4v) is 2.01. The molecule has 0 aliphatic rings. The van der Waals surface area contributed by atoms with Crippen LogP contribution in [0.3, 0.4) is 0 Å². The molecule has 0 aliphatic heterocycles. The number of halogens is 1. The second-order valence-corrected chi connectivity index (χ2v) is 5.23. The molecule has 0 aliphatic carbocycles. The lowest BCUT2D eigenvalue weighted by atomic mass is 10.0. The first-order chi connectivity index (χ1) is 8.49. The molecule has 0 unspecified atom stereocenters. The Hall–Kier alpha value is -1.41. The van der Waals surface area contributed by atoms with Gasteiger partial charge in [-0.25, -0.2) is 9.97 Å². The zero-order valence-corrected chi connectivity index (χ0v) is 11.9. The summed E-state index contributed by atoms with van der Waals surface area (Å²) in [6.07, 6.45) is 0. The predicted molar refractivity (Wildman–Crippen MR) is 76.0 cm³/mol. The molecule has 1 aromatic carbocycles. The summed E-state index contributed by atoms with van der Waals surface area (Å²) in [5.74, 6) is 1.06. The molecule has 94 valence electrons. The van der Waals surface area contributed by atoms with Crippen molar-refractivity contribution in [2.45, 2.75) is 33.6 Å². The van der Waals surface area contributed by atoms with Crippen molar-refractivity contribution < 1.29 is 0 Å². The minimum atomic E-state index is 0.270. The first-order valence-corrected chi connectivity index (χ1v) is 6.48. The van der Waals surface area contributed by atoms with E-state index in [1.54, 1.807) is 0 Å². The minimum Gasteiger partial charge on any atom is -0.232 e. The van der Waals surface area contributed by atoms with Crippen molar-refractivity contribution >= 4 is 11.6 Å². The van der Waals surface area contributed by atoms with Crippen molar-refractivity contribution in [3.8, 4) is 11.3 Å². The molecular formula is C15H17ClN2. The van der Waals surface area contributed by atoms with E-state index in [2.05, 4.69) is 48.9 Å². The number of hydrogen-bond donors (Lipinski definition) is 0. The number of nitrogens with zero attached hydrogens (tertiary/aromatic N) is 2. The summed E-state index contributed by atoms with van der Waals surface area (Å²) in [5, 5.41) is 0.546. The van der Waals surface area contributed by atoms with Crippen molar-refractivity contribution in [2.24, 2.45) is 0 Å². The van der Waals surface area contributed by atoms with Gasteiger partial charge >= 0.3 is 0 Å². The Morgan fingerprint density at radius 3 is 2.44 bits per heavy atom. The van der Waals surface area contributed by atoms with Gasteiger partial charge in [0.25, 0.3) is 0 Å². The minimum absolute atomic E-state index is 0.270. The number of rotatable bonds is 2. The molecule has 18 heavy (non-hydrogen) atoms. The topological polar surface area (TPSA) is 25.8 Å². The number of aromatic nitrogens is 2. The first-order valence-electron chi connectivity index (χ1n) is 6.10. The third-order valence-electron chi connectivity index (χ3n) is 2.91. The van der Waals surface area contributed by atoms with Crippen LogP contribution in [0.2, 0.25) is 5.15 Å². The molecule has 1 heterocycles. The van der Waals surface area contributed by atoms with E-state index in [1.165, 1.54) is 5.56 Å². The van der Waals surface area contributed by atoms with Gasteiger partial charge in [-0.05, 0) is 19.9 Å². The van der Waals surface area contributed by atoms with E-state index in [0.29, 0.717) is 5.15 Å². The number of aryl methyl sites for hydroxylation is 1. The van der Waals surface area contributed by atoms with Gasteiger partial charge in [0, 0.05) is 17.0 Å². The molecule has 2 rings (SSSR count). The Bertz CT molecular complexity index is 577. The van der Waals surface area contributed by atoms with Crippen LogP contribution < -0.4 is 0 Å². The lowest BCUT2D eigenvalue weighted by molar-refractivity contribution is 0.773. The zero-order chi connectivity index (χ0) is 13.3. The van der Waals surface area contributed by atoms with Crippen LogP contribution in [0.4, 0.5) is 0 Å². The highest BCUT2D eigenvalue weighted by Gasteiger charge is 2.13. The number of benzene rings is 1. The summed E-state index contributed by atoms with van der Waals surface area (Å²) in [4.78, 5) is 8.98. The molecule has 2 nitrogen and oxygen atoms in total. The summed E-state index contributed by atoms with van der Waals surface area (Å²) < 4.78 is 0. The van der Waals surface area contributed by atoms with E-state index >= 15 is 0 Å². The van der Waals surface area contributed by atoms with Gasteiger partial charge in [-0.3, -0.25) is 0 Å². The number of hydrogen-bond acceptors (Lipinski definition) is 2. The van der Waals surface area contributed by atoms with E-state index in [1.807, 2.05) is 13.0 Å². The van der Waals surface area contributed by atoms with Crippen LogP contribution in [-0.2, 0) is 0 Å². The zero-order valence-electron chi connectivity index (χ0n) is 11.2. The summed E-state index contributed by atoms with van der Waals surface area (Å²) in [6.45, 7) is 8.18. The lowest BCUT2D eigenvalue weighted by Crippen LogP contribution is -2.02. The molecule has 0 saturated carbocycles. The van der Waals surface area contributed by atoms with Crippen LogP contribution >= 0.6 is 11.6 Å². The van der Waals surface area contributed by atoms with Crippen molar-refractivity contribution in [3.63, 3.8) is 0 Å². The van der Waals surface area contributed by atoms with Gasteiger partial charge in [0.15, 0.2) is 0 Å². The van der Waals surface area contributed by atoms with Gasteiger partial charge < -0.3 is 0 Å². The molecule has 2 aromatic rings. The highest BCUT2D eigenvalue weighted by Crippen LogP contribution is 2.27. The van der Waals surface area contributed by atoms with Crippen LogP contribution in [0.1, 0.15) is 36.7 Å². The first kappa shape index (κ1) is 13.0. The highest BCUT2D eigenvalue weighted by molar-refractivity contribution is 6.30. The van der Waals surface area contributed by atoms with Crippen molar-refractivity contribution in [1.29, 1.82) is 0 Å². The lowest BCUT2D eigenvalue weighted by Gasteiger charge is -2.11. The maximum Gasteiger partial charge on any atom is 0.136 e. The van der Waals surface area contributed by atoms with Crippen LogP contribution in [-0.4, -0.2) is 9.97 Å². The Labute approximate surface area is 113 Å². The molecule has 0 amide bonds. The van der Waals surface area contributed by atoms with Crippen molar-refractivity contribution in [3.05, 3.63) is 46.4 Å². The quantitative estimate of drug-likeness (QED) is 0.741. The third kappa shape index (κ3) is 2.54. The Kier molecular flexibility index (Phi) is 3.67. The third-order valence-corrected chi connectivity index (χ3v) is 3.28.